The Balaban J connectivity index is 0.000000563. The van der Waals surface area contributed by atoms with E-state index in [1.165, 1.54) is 44.5 Å². The van der Waals surface area contributed by atoms with Crippen LogP contribution in [0.4, 0.5) is 0 Å². The van der Waals surface area contributed by atoms with Gasteiger partial charge in [-0.15, -0.1) is 0 Å². The number of rotatable bonds is 0. The van der Waals surface area contributed by atoms with Crippen molar-refractivity contribution in [2.24, 2.45) is 0 Å². The van der Waals surface area contributed by atoms with Crippen LogP contribution in [0.15, 0.2) is 0 Å². The van der Waals surface area contributed by atoms with E-state index in [0.717, 1.165) is 0 Å². The van der Waals surface area contributed by atoms with Crippen LogP contribution in [0, 0.1) is 0 Å². The summed E-state index contributed by atoms with van der Waals surface area (Å²) in [6.07, 6.45) is 0. The van der Waals surface area contributed by atoms with E-state index in [9.17, 15) is 0 Å². The van der Waals surface area contributed by atoms with Crippen LogP contribution >= 0.6 is 0 Å². The van der Waals surface area contributed by atoms with Crippen molar-refractivity contribution in [3.8, 4) is 0 Å². The van der Waals surface area contributed by atoms with Crippen molar-refractivity contribution in [2.75, 3.05) is 47.1 Å². The largest absolute Gasteiger partial charge is 1.00 e. The molecule has 0 aromatic heterocycles. The summed E-state index contributed by atoms with van der Waals surface area (Å²) in [5.74, 6) is 0. The lowest BCUT2D eigenvalue weighted by molar-refractivity contribution is -0.963. The van der Waals surface area contributed by atoms with Gasteiger partial charge in [-0.3, -0.25) is 4.48 Å². The molecule has 0 saturated carbocycles. The third kappa shape index (κ3) is 1.05. The number of quaternary nitrogens is 1. The lowest BCUT2D eigenvalue weighted by Gasteiger charge is -2.59. The molecule has 70 valence electrons. The van der Waals surface area contributed by atoms with E-state index in [1.807, 2.05) is 0 Å². The molecule has 0 aromatic rings. The summed E-state index contributed by atoms with van der Waals surface area (Å²) in [6, 6.07) is 0. The van der Waals surface area contributed by atoms with Gasteiger partial charge in [-0.25, -0.2) is 14.7 Å². The van der Waals surface area contributed by atoms with Gasteiger partial charge in [0.1, 0.15) is 20.0 Å². The first-order valence-electron chi connectivity index (χ1n) is 4.24. The fraction of sp³-hybridized carbons (Fsp3) is 1.00. The zero-order valence-corrected chi connectivity index (χ0v) is 7.41. The highest BCUT2D eigenvalue weighted by molar-refractivity contribution is 4.72. The molecule has 0 aromatic carbocycles. The first kappa shape index (κ1) is 8.37. The lowest BCUT2D eigenvalue weighted by Crippen LogP contribution is -3.00. The van der Waals surface area contributed by atoms with Gasteiger partial charge >= 0.3 is 0 Å². The Morgan fingerprint density at radius 1 is 0.833 bits per heavy atom. The molecular weight excluding hydrogens is 159 g/mol. The second-order valence-corrected chi connectivity index (χ2v) is 4.48. The van der Waals surface area contributed by atoms with Crippen LogP contribution in [-0.2, 0) is 0 Å². The highest BCUT2D eigenvalue weighted by atomic mass is 19.0. The van der Waals surface area contributed by atoms with Crippen molar-refractivity contribution in [1.29, 1.82) is 0 Å². The van der Waals surface area contributed by atoms with Crippen LogP contribution in [0.3, 0.4) is 0 Å². The highest BCUT2D eigenvalue weighted by Crippen LogP contribution is 2.25. The standard InChI is InChI=1S/C7H15N4.FH/c1-11-5-8-2-9(6-11)4-10(3-8)7-11;/h2-7H2,1H3;1H/q+1;/p-1. The van der Waals surface area contributed by atoms with E-state index in [2.05, 4.69) is 21.7 Å². The summed E-state index contributed by atoms with van der Waals surface area (Å²) >= 11 is 0. The molecule has 4 fully saturated rings. The Hall–Kier alpha value is -0.230. The third-order valence-corrected chi connectivity index (χ3v) is 2.82. The van der Waals surface area contributed by atoms with Gasteiger partial charge in [0.25, 0.3) is 0 Å². The topological polar surface area (TPSA) is 9.72 Å². The summed E-state index contributed by atoms with van der Waals surface area (Å²) in [5, 5.41) is 0. The smallest absolute Gasteiger partial charge is 0.139 e. The molecule has 4 bridgehead atoms. The van der Waals surface area contributed by atoms with E-state index in [-0.39, 0.29) is 4.70 Å². The molecule has 0 N–H and O–H groups in total. The first-order chi connectivity index (χ1) is 5.23. The summed E-state index contributed by atoms with van der Waals surface area (Å²) in [5.41, 5.74) is 0. The maximum atomic E-state index is 2.52. The molecule has 0 radical (unpaired) electrons. The van der Waals surface area contributed by atoms with Crippen LogP contribution < -0.4 is 4.70 Å². The molecule has 4 saturated heterocycles. The second kappa shape index (κ2) is 2.38. The van der Waals surface area contributed by atoms with Crippen LogP contribution in [0.5, 0.6) is 0 Å². The zero-order valence-electron chi connectivity index (χ0n) is 7.41. The fourth-order valence-electron chi connectivity index (χ4n) is 2.83. The number of halogens is 1. The van der Waals surface area contributed by atoms with Crippen molar-refractivity contribution < 1.29 is 9.19 Å². The summed E-state index contributed by atoms with van der Waals surface area (Å²) < 4.78 is 1.21. The molecule has 0 aliphatic carbocycles. The molecule has 5 heteroatoms. The van der Waals surface area contributed by atoms with Gasteiger partial charge in [-0.1, -0.05) is 0 Å². The number of nitrogens with zero attached hydrogens (tertiary/aromatic N) is 4. The van der Waals surface area contributed by atoms with E-state index < -0.39 is 0 Å². The Morgan fingerprint density at radius 2 is 1.17 bits per heavy atom. The summed E-state index contributed by atoms with van der Waals surface area (Å²) in [4.78, 5) is 7.57. The zero-order chi connectivity index (χ0) is 7.47. The molecule has 0 spiro atoms. The average Bonchev–Trinajstić information content (AvgIpc) is 1.79. The summed E-state index contributed by atoms with van der Waals surface area (Å²) in [6.45, 7) is 7.37. The van der Waals surface area contributed by atoms with Gasteiger partial charge in [0.05, 0.1) is 27.1 Å². The Kier molecular flexibility index (Phi) is 1.66. The molecular formula is C7H15FN4. The van der Waals surface area contributed by atoms with E-state index in [1.54, 1.807) is 0 Å². The Labute approximate surface area is 71.9 Å². The number of hydrogen-bond acceptors (Lipinski definition) is 3. The van der Waals surface area contributed by atoms with Crippen molar-refractivity contribution in [2.45, 2.75) is 0 Å². The fourth-order valence-corrected chi connectivity index (χ4v) is 2.83. The minimum absolute atomic E-state index is 0. The average molecular weight is 174 g/mol. The molecule has 12 heavy (non-hydrogen) atoms. The molecule has 4 aliphatic heterocycles. The van der Waals surface area contributed by atoms with Gasteiger partial charge in [0.2, 0.25) is 0 Å². The predicted molar refractivity (Wildman–Crippen MR) is 40.9 cm³/mol. The summed E-state index contributed by atoms with van der Waals surface area (Å²) in [7, 11) is 2.35. The van der Waals surface area contributed by atoms with Crippen LogP contribution in [-0.4, -0.2) is 66.2 Å². The van der Waals surface area contributed by atoms with Crippen molar-refractivity contribution >= 4 is 0 Å². The molecule has 0 amide bonds. The third-order valence-electron chi connectivity index (χ3n) is 2.82. The van der Waals surface area contributed by atoms with E-state index in [4.69, 9.17) is 0 Å². The van der Waals surface area contributed by atoms with Gasteiger partial charge in [-0.2, -0.15) is 0 Å². The van der Waals surface area contributed by atoms with Gasteiger partial charge in [0, 0.05) is 0 Å². The Morgan fingerprint density at radius 3 is 1.42 bits per heavy atom. The minimum atomic E-state index is 0. The number of hydrogen-bond donors (Lipinski definition) is 0. The monoisotopic (exact) mass is 174 g/mol. The SMILES string of the molecule is C[N+]12CN3CN(CN(C3)C1)C2.[F-]. The second-order valence-electron chi connectivity index (χ2n) is 4.48. The molecule has 4 nitrogen and oxygen atoms in total. The molecule has 0 unspecified atom stereocenters. The molecule has 0 atom stereocenters. The van der Waals surface area contributed by atoms with Gasteiger partial charge in [0.15, 0.2) is 0 Å². The van der Waals surface area contributed by atoms with Gasteiger partial charge in [-0.05, 0) is 0 Å². The van der Waals surface area contributed by atoms with Crippen LogP contribution in [0.25, 0.3) is 0 Å². The molecule has 4 rings (SSSR count). The predicted octanol–water partition coefficient (Wildman–Crippen LogP) is -3.87. The highest BCUT2D eigenvalue weighted by Gasteiger charge is 2.45. The van der Waals surface area contributed by atoms with Crippen molar-refractivity contribution in [1.82, 2.24) is 14.7 Å². The normalized spacial score (nSPS) is 55.2. The maximum absolute atomic E-state index is 2.52. The van der Waals surface area contributed by atoms with Crippen LogP contribution in [0.2, 0.25) is 0 Å². The van der Waals surface area contributed by atoms with Crippen molar-refractivity contribution in [3.63, 3.8) is 0 Å². The Bertz CT molecular complexity index is 161. The maximum Gasteiger partial charge on any atom is 0.139 e. The van der Waals surface area contributed by atoms with E-state index in [0.29, 0.717) is 0 Å². The van der Waals surface area contributed by atoms with E-state index >= 15 is 0 Å². The minimum Gasteiger partial charge on any atom is -1.00 e. The van der Waals surface area contributed by atoms with Crippen molar-refractivity contribution in [3.05, 3.63) is 0 Å². The first-order valence-corrected chi connectivity index (χ1v) is 4.24. The van der Waals surface area contributed by atoms with Gasteiger partial charge < -0.3 is 4.70 Å². The molecule has 4 aliphatic rings. The quantitative estimate of drug-likeness (QED) is 0.348. The molecule has 4 heterocycles. The van der Waals surface area contributed by atoms with Crippen LogP contribution in [0.1, 0.15) is 0 Å². The lowest BCUT2D eigenvalue weighted by atomic mass is 10.3.